The molecule has 0 amide bonds. The maximum absolute atomic E-state index is 11.6. The van der Waals surface area contributed by atoms with Crippen molar-refractivity contribution in [1.82, 2.24) is 0 Å². The lowest BCUT2D eigenvalue weighted by Crippen LogP contribution is -2.16. The van der Waals surface area contributed by atoms with Gasteiger partial charge in [0.25, 0.3) is 0 Å². The topological polar surface area (TPSA) is 46.5 Å². The quantitative estimate of drug-likeness (QED) is 0.750. The van der Waals surface area contributed by atoms with Crippen LogP contribution >= 0.6 is 0 Å². The monoisotopic (exact) mass is 206 g/mol. The molecule has 0 aliphatic heterocycles. The van der Waals surface area contributed by atoms with E-state index in [0.717, 1.165) is 12.8 Å². The second-order valence-electron chi connectivity index (χ2n) is 3.86. The lowest BCUT2D eigenvalue weighted by molar-refractivity contribution is 0.0287. The molecule has 0 heterocycles. The van der Waals surface area contributed by atoms with E-state index in [4.69, 9.17) is 4.74 Å². The summed E-state index contributed by atoms with van der Waals surface area (Å²) in [6.07, 6.45) is 1.64. The van der Waals surface area contributed by atoms with Gasteiger partial charge in [0.1, 0.15) is 6.10 Å². The Morgan fingerprint density at radius 2 is 2.00 bits per heavy atom. The van der Waals surface area contributed by atoms with Crippen molar-refractivity contribution in [3.8, 4) is 0 Å². The molecule has 1 aliphatic carbocycles. The molecule has 2 rings (SSSR count). The summed E-state index contributed by atoms with van der Waals surface area (Å²) in [7, 11) is 0. The minimum Gasteiger partial charge on any atom is -0.459 e. The lowest BCUT2D eigenvalue weighted by atomic mass is 10.2. The van der Waals surface area contributed by atoms with E-state index in [1.54, 1.807) is 24.3 Å². The van der Waals surface area contributed by atoms with E-state index in [1.165, 1.54) is 0 Å². The fraction of sp³-hybridized carbons (Fsp3) is 0.417. The fourth-order valence-corrected chi connectivity index (χ4v) is 1.82. The Morgan fingerprint density at radius 1 is 1.27 bits per heavy atom. The van der Waals surface area contributed by atoms with Crippen LogP contribution in [0.1, 0.15) is 29.6 Å². The van der Waals surface area contributed by atoms with Crippen LogP contribution in [0, 0.1) is 0 Å². The van der Waals surface area contributed by atoms with Crippen LogP contribution in [0.3, 0.4) is 0 Å². The van der Waals surface area contributed by atoms with Crippen LogP contribution in [-0.4, -0.2) is 23.3 Å². The highest BCUT2D eigenvalue weighted by Gasteiger charge is 2.26. The number of rotatable bonds is 2. The highest BCUT2D eigenvalue weighted by atomic mass is 16.5. The Balaban J connectivity index is 1.93. The van der Waals surface area contributed by atoms with Gasteiger partial charge in [-0.3, -0.25) is 0 Å². The van der Waals surface area contributed by atoms with Crippen LogP contribution in [0.5, 0.6) is 0 Å². The summed E-state index contributed by atoms with van der Waals surface area (Å²) in [5, 5.41) is 9.29. The number of benzene rings is 1. The molecule has 0 spiro atoms. The zero-order valence-electron chi connectivity index (χ0n) is 8.43. The molecule has 0 bridgehead atoms. The van der Waals surface area contributed by atoms with Crippen molar-refractivity contribution in [1.29, 1.82) is 0 Å². The van der Waals surface area contributed by atoms with Gasteiger partial charge < -0.3 is 9.84 Å². The van der Waals surface area contributed by atoms with Gasteiger partial charge in [-0.25, -0.2) is 4.79 Å². The Bertz CT molecular complexity index is 334. The summed E-state index contributed by atoms with van der Waals surface area (Å²) in [5.74, 6) is -0.297. The minimum atomic E-state index is -0.307. The number of esters is 1. The first-order chi connectivity index (χ1) is 7.25. The number of hydrogen-bond acceptors (Lipinski definition) is 3. The molecule has 1 fully saturated rings. The summed E-state index contributed by atoms with van der Waals surface area (Å²) >= 11 is 0. The average molecular weight is 206 g/mol. The molecule has 0 aromatic heterocycles. The van der Waals surface area contributed by atoms with Crippen molar-refractivity contribution < 1.29 is 14.6 Å². The van der Waals surface area contributed by atoms with Gasteiger partial charge in [0.05, 0.1) is 11.7 Å². The van der Waals surface area contributed by atoms with Gasteiger partial charge in [-0.1, -0.05) is 18.2 Å². The maximum atomic E-state index is 11.6. The van der Waals surface area contributed by atoms with Gasteiger partial charge in [0, 0.05) is 6.42 Å². The van der Waals surface area contributed by atoms with Crippen LogP contribution in [0.4, 0.5) is 0 Å². The number of carbonyl (C=O) groups excluding carboxylic acids is 1. The number of aliphatic hydroxyl groups is 1. The van der Waals surface area contributed by atoms with Crippen molar-refractivity contribution in [3.63, 3.8) is 0 Å². The van der Waals surface area contributed by atoms with Gasteiger partial charge in [-0.15, -0.1) is 0 Å². The molecule has 1 N–H and O–H groups in total. The molecular weight excluding hydrogens is 192 g/mol. The summed E-state index contributed by atoms with van der Waals surface area (Å²) < 4.78 is 5.27. The molecule has 3 heteroatoms. The van der Waals surface area contributed by atoms with E-state index >= 15 is 0 Å². The number of ether oxygens (including phenoxy) is 1. The summed E-state index contributed by atoms with van der Waals surface area (Å²) in [6, 6.07) is 8.93. The molecule has 1 aromatic rings. The Hall–Kier alpha value is -1.35. The second kappa shape index (κ2) is 4.45. The predicted molar refractivity (Wildman–Crippen MR) is 55.5 cm³/mol. The van der Waals surface area contributed by atoms with E-state index in [0.29, 0.717) is 12.0 Å². The van der Waals surface area contributed by atoms with E-state index in [9.17, 15) is 9.90 Å². The maximum Gasteiger partial charge on any atom is 0.338 e. The third-order valence-corrected chi connectivity index (χ3v) is 2.64. The lowest BCUT2D eigenvalue weighted by Gasteiger charge is -2.11. The van der Waals surface area contributed by atoms with Crippen LogP contribution in [-0.2, 0) is 4.74 Å². The van der Waals surface area contributed by atoms with Crippen molar-refractivity contribution in [3.05, 3.63) is 35.9 Å². The van der Waals surface area contributed by atoms with E-state index in [1.807, 2.05) is 6.07 Å². The van der Waals surface area contributed by atoms with E-state index < -0.39 is 0 Å². The largest absolute Gasteiger partial charge is 0.459 e. The second-order valence-corrected chi connectivity index (χ2v) is 3.86. The molecule has 0 radical (unpaired) electrons. The van der Waals surface area contributed by atoms with Gasteiger partial charge in [-0.05, 0) is 25.0 Å². The van der Waals surface area contributed by atoms with Crippen LogP contribution in [0.25, 0.3) is 0 Å². The third kappa shape index (κ3) is 2.57. The molecule has 15 heavy (non-hydrogen) atoms. The summed E-state index contributed by atoms with van der Waals surface area (Å²) in [6.45, 7) is 0. The predicted octanol–water partition coefficient (Wildman–Crippen LogP) is 1.76. The average Bonchev–Trinajstić information content (AvgIpc) is 2.65. The standard InChI is InChI=1S/C12H14O3/c13-10-6-7-11(8-10)15-12(14)9-4-2-1-3-5-9/h1-5,10-11,13H,6-8H2/t10-,11+/m1/s1. The van der Waals surface area contributed by atoms with Gasteiger partial charge in [0.15, 0.2) is 0 Å². The Morgan fingerprint density at radius 3 is 2.60 bits per heavy atom. The molecule has 1 aliphatic rings. The van der Waals surface area contributed by atoms with Crippen LogP contribution in [0.15, 0.2) is 30.3 Å². The molecule has 1 saturated carbocycles. The van der Waals surface area contributed by atoms with Gasteiger partial charge in [0.2, 0.25) is 0 Å². The number of aliphatic hydroxyl groups excluding tert-OH is 1. The summed E-state index contributed by atoms with van der Waals surface area (Å²) in [5.41, 5.74) is 0.568. The summed E-state index contributed by atoms with van der Waals surface area (Å²) in [4.78, 5) is 11.6. The fourth-order valence-electron chi connectivity index (χ4n) is 1.82. The van der Waals surface area contributed by atoms with Crippen molar-refractivity contribution in [2.75, 3.05) is 0 Å². The normalized spacial score (nSPS) is 25.1. The third-order valence-electron chi connectivity index (χ3n) is 2.64. The first kappa shape index (κ1) is 10.2. The van der Waals surface area contributed by atoms with E-state index in [-0.39, 0.29) is 18.2 Å². The molecule has 1 aromatic carbocycles. The molecule has 0 unspecified atom stereocenters. The van der Waals surface area contributed by atoms with Crippen LogP contribution in [0.2, 0.25) is 0 Å². The zero-order chi connectivity index (χ0) is 10.7. The van der Waals surface area contributed by atoms with Crippen molar-refractivity contribution in [2.45, 2.75) is 31.5 Å². The molecule has 2 atom stereocenters. The smallest absolute Gasteiger partial charge is 0.338 e. The number of hydrogen-bond donors (Lipinski definition) is 1. The molecule has 0 saturated heterocycles. The first-order valence-electron chi connectivity index (χ1n) is 5.20. The van der Waals surface area contributed by atoms with Gasteiger partial charge in [-0.2, -0.15) is 0 Å². The Kier molecular flexibility index (Phi) is 3.02. The van der Waals surface area contributed by atoms with Crippen LogP contribution < -0.4 is 0 Å². The molecule has 80 valence electrons. The minimum absolute atomic E-state index is 0.118. The number of carbonyl (C=O) groups is 1. The molecular formula is C12H14O3. The highest BCUT2D eigenvalue weighted by Crippen LogP contribution is 2.22. The highest BCUT2D eigenvalue weighted by molar-refractivity contribution is 5.89. The van der Waals surface area contributed by atoms with Crippen molar-refractivity contribution in [2.24, 2.45) is 0 Å². The Labute approximate surface area is 88.7 Å². The molecule has 3 nitrogen and oxygen atoms in total. The van der Waals surface area contributed by atoms with E-state index in [2.05, 4.69) is 0 Å². The zero-order valence-corrected chi connectivity index (χ0v) is 8.43. The first-order valence-corrected chi connectivity index (χ1v) is 5.20. The van der Waals surface area contributed by atoms with Crippen molar-refractivity contribution >= 4 is 5.97 Å². The van der Waals surface area contributed by atoms with Gasteiger partial charge >= 0.3 is 5.97 Å². The SMILES string of the molecule is O=C(O[C@H]1CC[C@@H](O)C1)c1ccccc1.